The number of hydrogen-bond donors (Lipinski definition) is 3. The summed E-state index contributed by atoms with van der Waals surface area (Å²) in [6.45, 7) is 3.99. The number of nitrogens with two attached hydrogens (primary N) is 1. The van der Waals surface area contributed by atoms with Crippen molar-refractivity contribution in [3.05, 3.63) is 30.4 Å². The Kier molecular flexibility index (Phi) is 2.86. The summed E-state index contributed by atoms with van der Waals surface area (Å²) in [7, 11) is 0. The highest BCUT2D eigenvalue weighted by molar-refractivity contribution is 6.03. The van der Waals surface area contributed by atoms with Gasteiger partial charge in [-0.2, -0.15) is 5.10 Å². The van der Waals surface area contributed by atoms with E-state index in [0.717, 1.165) is 0 Å². The van der Waals surface area contributed by atoms with Crippen LogP contribution in [-0.4, -0.2) is 20.7 Å². The number of anilines is 2. The van der Waals surface area contributed by atoms with Crippen LogP contribution in [-0.2, 0) is 0 Å². The molecule has 2 rings (SSSR count). The lowest BCUT2D eigenvalue weighted by atomic mass is 10.3. The molecule has 0 radical (unpaired) electrons. The maximum atomic E-state index is 12.0. The molecule has 0 aliphatic heterocycles. The highest BCUT2D eigenvalue weighted by Gasteiger charge is 2.15. The quantitative estimate of drug-likeness (QED) is 0.752. The van der Waals surface area contributed by atoms with Gasteiger partial charge in [-0.3, -0.25) is 9.89 Å². The molecule has 0 saturated carbocycles. The molecule has 6 heteroatoms. The normalized spacial score (nSPS) is 10.8. The van der Waals surface area contributed by atoms with Crippen molar-refractivity contribution in [1.29, 1.82) is 0 Å². The summed E-state index contributed by atoms with van der Waals surface area (Å²) in [6, 6.07) is 1.84. The molecule has 0 spiro atoms. The van der Waals surface area contributed by atoms with Crippen LogP contribution >= 0.6 is 0 Å². The zero-order valence-corrected chi connectivity index (χ0v) is 9.77. The van der Waals surface area contributed by atoms with Gasteiger partial charge >= 0.3 is 0 Å². The van der Waals surface area contributed by atoms with Crippen molar-refractivity contribution in [3.8, 4) is 0 Å². The zero-order valence-electron chi connectivity index (χ0n) is 9.77. The van der Waals surface area contributed by atoms with Crippen LogP contribution in [0, 0.1) is 0 Å². The van der Waals surface area contributed by atoms with Crippen molar-refractivity contribution in [2.75, 3.05) is 11.1 Å². The third kappa shape index (κ3) is 2.30. The number of nitrogens with one attached hydrogen (secondary N) is 2. The Labute approximate surface area is 98.8 Å². The number of nitrogen functional groups attached to an aromatic ring is 1. The van der Waals surface area contributed by atoms with Gasteiger partial charge in [-0.1, -0.05) is 0 Å². The summed E-state index contributed by atoms with van der Waals surface area (Å²) in [5.74, 6) is -0.197. The highest BCUT2D eigenvalue weighted by atomic mass is 16.2. The summed E-state index contributed by atoms with van der Waals surface area (Å²) in [5.41, 5.74) is 7.46. The number of nitrogens with zero attached hydrogens (tertiary/aromatic N) is 2. The van der Waals surface area contributed by atoms with Gasteiger partial charge in [-0.15, -0.1) is 0 Å². The molecule has 90 valence electrons. The molecule has 2 aromatic heterocycles. The van der Waals surface area contributed by atoms with Crippen molar-refractivity contribution in [2.24, 2.45) is 0 Å². The minimum Gasteiger partial charge on any atom is -0.397 e. The number of aromatic nitrogens is 3. The van der Waals surface area contributed by atoms with Crippen LogP contribution in [0.3, 0.4) is 0 Å². The number of amides is 1. The van der Waals surface area contributed by atoms with Gasteiger partial charge < -0.3 is 15.6 Å². The van der Waals surface area contributed by atoms with Gasteiger partial charge in [-0.25, -0.2) is 0 Å². The van der Waals surface area contributed by atoms with Crippen LogP contribution in [0.1, 0.15) is 30.4 Å². The molecule has 2 heterocycles. The van der Waals surface area contributed by atoms with Crippen molar-refractivity contribution >= 4 is 17.3 Å². The van der Waals surface area contributed by atoms with Crippen molar-refractivity contribution in [2.45, 2.75) is 19.9 Å². The van der Waals surface area contributed by atoms with Crippen LogP contribution in [0.5, 0.6) is 0 Å². The molecule has 0 bridgehead atoms. The minimum atomic E-state index is -0.197. The van der Waals surface area contributed by atoms with E-state index in [1.54, 1.807) is 24.7 Å². The molecule has 6 nitrogen and oxygen atoms in total. The fraction of sp³-hybridized carbons (Fsp3) is 0.273. The van der Waals surface area contributed by atoms with E-state index in [9.17, 15) is 4.79 Å². The number of H-pyrrole nitrogens is 1. The standard InChI is InChI=1S/C11H15N5O/c1-7(2)16-6-8(12)3-10(16)11(17)15-9-4-13-14-5-9/h3-7H,12H2,1-2H3,(H,13,14)(H,15,17). The molecule has 0 unspecified atom stereocenters. The van der Waals surface area contributed by atoms with Crippen LogP contribution < -0.4 is 11.1 Å². The fourth-order valence-corrected chi connectivity index (χ4v) is 1.62. The number of rotatable bonds is 3. The summed E-state index contributed by atoms with van der Waals surface area (Å²) >= 11 is 0. The predicted molar refractivity (Wildman–Crippen MR) is 65.8 cm³/mol. The Balaban J connectivity index is 2.24. The number of hydrogen-bond acceptors (Lipinski definition) is 3. The molecule has 17 heavy (non-hydrogen) atoms. The Bertz CT molecular complexity index is 512. The second-order valence-corrected chi connectivity index (χ2v) is 4.10. The van der Waals surface area contributed by atoms with Crippen molar-refractivity contribution in [1.82, 2.24) is 14.8 Å². The Morgan fingerprint density at radius 1 is 1.59 bits per heavy atom. The maximum absolute atomic E-state index is 12.0. The van der Waals surface area contributed by atoms with Gasteiger partial charge in [0.2, 0.25) is 0 Å². The van der Waals surface area contributed by atoms with E-state index in [1.807, 2.05) is 18.4 Å². The summed E-state index contributed by atoms with van der Waals surface area (Å²) in [6.07, 6.45) is 4.92. The molecule has 1 amide bonds. The topological polar surface area (TPSA) is 88.7 Å². The molecule has 0 aromatic carbocycles. The van der Waals surface area contributed by atoms with Crippen LogP contribution in [0.15, 0.2) is 24.7 Å². The monoisotopic (exact) mass is 233 g/mol. The molecule has 2 aromatic rings. The van der Waals surface area contributed by atoms with Gasteiger partial charge in [0.1, 0.15) is 5.69 Å². The van der Waals surface area contributed by atoms with E-state index in [0.29, 0.717) is 17.1 Å². The number of carbonyl (C=O) groups excluding carboxylic acids is 1. The first-order valence-corrected chi connectivity index (χ1v) is 5.35. The molecular weight excluding hydrogens is 218 g/mol. The average molecular weight is 233 g/mol. The first-order chi connectivity index (χ1) is 8.08. The molecule has 4 N–H and O–H groups in total. The van der Waals surface area contributed by atoms with Crippen molar-refractivity contribution < 1.29 is 4.79 Å². The second-order valence-electron chi connectivity index (χ2n) is 4.10. The van der Waals surface area contributed by atoms with Crippen molar-refractivity contribution in [3.63, 3.8) is 0 Å². The van der Waals surface area contributed by atoms with E-state index in [4.69, 9.17) is 5.73 Å². The Morgan fingerprint density at radius 2 is 2.35 bits per heavy atom. The number of carbonyl (C=O) groups is 1. The van der Waals surface area contributed by atoms with E-state index in [1.165, 1.54) is 0 Å². The van der Waals surface area contributed by atoms with Gasteiger partial charge in [-0.05, 0) is 19.9 Å². The summed E-state index contributed by atoms with van der Waals surface area (Å²) < 4.78 is 1.84. The lowest BCUT2D eigenvalue weighted by molar-refractivity contribution is 0.101. The van der Waals surface area contributed by atoms with Crippen LogP contribution in [0.4, 0.5) is 11.4 Å². The first-order valence-electron chi connectivity index (χ1n) is 5.35. The summed E-state index contributed by atoms with van der Waals surface area (Å²) in [5, 5.41) is 9.13. The number of aromatic amines is 1. The lowest BCUT2D eigenvalue weighted by Crippen LogP contribution is -2.17. The van der Waals surface area contributed by atoms with Gasteiger partial charge in [0, 0.05) is 18.4 Å². The molecular formula is C11H15N5O. The van der Waals surface area contributed by atoms with Gasteiger partial charge in [0.05, 0.1) is 17.6 Å². The predicted octanol–water partition coefficient (Wildman–Crippen LogP) is 1.63. The molecule has 0 aliphatic carbocycles. The fourth-order valence-electron chi connectivity index (χ4n) is 1.62. The van der Waals surface area contributed by atoms with E-state index in [-0.39, 0.29) is 11.9 Å². The van der Waals surface area contributed by atoms with E-state index in [2.05, 4.69) is 15.5 Å². The van der Waals surface area contributed by atoms with Crippen LogP contribution in [0.25, 0.3) is 0 Å². The van der Waals surface area contributed by atoms with Crippen LogP contribution in [0.2, 0.25) is 0 Å². The largest absolute Gasteiger partial charge is 0.397 e. The Morgan fingerprint density at radius 3 is 2.94 bits per heavy atom. The van der Waals surface area contributed by atoms with Gasteiger partial charge in [0.25, 0.3) is 5.91 Å². The first kappa shape index (κ1) is 11.3. The third-order valence-electron chi connectivity index (χ3n) is 2.41. The Hall–Kier alpha value is -2.24. The molecule has 0 saturated heterocycles. The zero-order chi connectivity index (χ0) is 12.4. The highest BCUT2D eigenvalue weighted by Crippen LogP contribution is 2.17. The molecule has 0 fully saturated rings. The van der Waals surface area contributed by atoms with E-state index >= 15 is 0 Å². The van der Waals surface area contributed by atoms with Gasteiger partial charge in [0.15, 0.2) is 0 Å². The third-order valence-corrected chi connectivity index (χ3v) is 2.41. The lowest BCUT2D eigenvalue weighted by Gasteiger charge is -2.11. The second kappa shape index (κ2) is 4.32. The smallest absolute Gasteiger partial charge is 0.272 e. The molecule has 0 aliphatic rings. The summed E-state index contributed by atoms with van der Waals surface area (Å²) in [4.78, 5) is 12.0. The SMILES string of the molecule is CC(C)n1cc(N)cc1C(=O)Nc1cn[nH]c1. The minimum absolute atomic E-state index is 0.178. The maximum Gasteiger partial charge on any atom is 0.272 e. The average Bonchev–Trinajstić information content (AvgIpc) is 2.86. The van der Waals surface area contributed by atoms with E-state index < -0.39 is 0 Å². The molecule has 0 atom stereocenters.